The maximum absolute atomic E-state index is 12.2. The Morgan fingerprint density at radius 1 is 0.960 bits per heavy atom. The van der Waals surface area contributed by atoms with Crippen molar-refractivity contribution in [3.8, 4) is 11.5 Å². The van der Waals surface area contributed by atoms with Gasteiger partial charge in [-0.3, -0.25) is 14.9 Å². The number of para-hydroxylation sites is 1. The van der Waals surface area contributed by atoms with Gasteiger partial charge in [0, 0.05) is 0 Å². The molecule has 130 valence electrons. The first kappa shape index (κ1) is 17.2. The summed E-state index contributed by atoms with van der Waals surface area (Å²) < 4.78 is 6.07. The Morgan fingerprint density at radius 2 is 1.76 bits per heavy atom. The molecule has 0 spiro atoms. The molecule has 0 radical (unpaired) electrons. The molecule has 2 aromatic carbocycles. The Kier molecular flexibility index (Phi) is 5.46. The largest absolute Gasteiger partial charge is 0.456 e. The van der Waals surface area contributed by atoms with E-state index in [-0.39, 0.29) is 12.3 Å². The molecule has 0 saturated heterocycles. The van der Waals surface area contributed by atoms with E-state index in [1.807, 2.05) is 30.3 Å². The van der Waals surface area contributed by atoms with Crippen molar-refractivity contribution in [2.75, 3.05) is 6.54 Å². The standard InChI is InChI=1S/C20H22N2O3/c21-12-5-1-2-7-14-8-3-4-10-16(14)25-17-11-6-9-15-13-18(23)22-20(24)19(15)17/h3-4,6,8-11H,1-2,5,7,12-13,21H2,(H,22,23,24). The van der Waals surface area contributed by atoms with Crippen LogP contribution in [0.1, 0.15) is 40.7 Å². The van der Waals surface area contributed by atoms with Gasteiger partial charge in [0.1, 0.15) is 11.5 Å². The fourth-order valence-electron chi connectivity index (χ4n) is 3.04. The molecule has 5 heteroatoms. The van der Waals surface area contributed by atoms with E-state index in [4.69, 9.17) is 10.5 Å². The highest BCUT2D eigenvalue weighted by molar-refractivity contribution is 6.11. The molecule has 5 nitrogen and oxygen atoms in total. The molecule has 0 saturated carbocycles. The Bertz CT molecular complexity index is 786. The lowest BCUT2D eigenvalue weighted by Gasteiger charge is -2.19. The third kappa shape index (κ3) is 4.06. The second-order valence-electron chi connectivity index (χ2n) is 6.15. The molecule has 25 heavy (non-hydrogen) atoms. The summed E-state index contributed by atoms with van der Waals surface area (Å²) in [6, 6.07) is 13.2. The van der Waals surface area contributed by atoms with Gasteiger partial charge in [0.05, 0.1) is 12.0 Å². The molecule has 0 fully saturated rings. The highest BCUT2D eigenvalue weighted by Gasteiger charge is 2.26. The van der Waals surface area contributed by atoms with Crippen LogP contribution < -0.4 is 15.8 Å². The zero-order valence-corrected chi connectivity index (χ0v) is 14.1. The van der Waals surface area contributed by atoms with E-state index in [2.05, 4.69) is 5.32 Å². The maximum atomic E-state index is 12.2. The minimum absolute atomic E-state index is 0.193. The molecule has 0 aliphatic carbocycles. The van der Waals surface area contributed by atoms with Crippen LogP contribution in [0, 0.1) is 0 Å². The van der Waals surface area contributed by atoms with Crippen LogP contribution in [0.25, 0.3) is 0 Å². The van der Waals surface area contributed by atoms with Crippen molar-refractivity contribution < 1.29 is 14.3 Å². The van der Waals surface area contributed by atoms with E-state index in [9.17, 15) is 9.59 Å². The lowest BCUT2D eigenvalue weighted by atomic mass is 9.99. The molecule has 1 aliphatic heterocycles. The summed E-state index contributed by atoms with van der Waals surface area (Å²) >= 11 is 0. The predicted octanol–water partition coefficient (Wildman–Crippen LogP) is 2.96. The molecule has 0 unspecified atom stereocenters. The van der Waals surface area contributed by atoms with Crippen LogP contribution >= 0.6 is 0 Å². The van der Waals surface area contributed by atoms with Gasteiger partial charge in [-0.15, -0.1) is 0 Å². The Morgan fingerprint density at radius 3 is 2.60 bits per heavy atom. The van der Waals surface area contributed by atoms with Crippen LogP contribution in [0.3, 0.4) is 0 Å². The van der Waals surface area contributed by atoms with Gasteiger partial charge in [0.15, 0.2) is 0 Å². The second kappa shape index (κ2) is 7.94. The highest BCUT2D eigenvalue weighted by atomic mass is 16.5. The summed E-state index contributed by atoms with van der Waals surface area (Å²) in [5.74, 6) is 0.544. The molecule has 0 bridgehead atoms. The number of benzene rings is 2. The molecule has 2 aromatic rings. The van der Waals surface area contributed by atoms with Gasteiger partial charge in [0.2, 0.25) is 5.91 Å². The average molecular weight is 338 g/mol. The smallest absolute Gasteiger partial charge is 0.261 e. The first-order valence-corrected chi connectivity index (χ1v) is 8.61. The highest BCUT2D eigenvalue weighted by Crippen LogP contribution is 2.32. The zero-order chi connectivity index (χ0) is 17.6. The molecular formula is C20H22N2O3. The number of nitrogens with one attached hydrogen (secondary N) is 1. The fraction of sp³-hybridized carbons (Fsp3) is 0.300. The molecule has 1 heterocycles. The van der Waals surface area contributed by atoms with Crippen LogP contribution in [0.5, 0.6) is 11.5 Å². The van der Waals surface area contributed by atoms with Gasteiger partial charge < -0.3 is 10.5 Å². The van der Waals surface area contributed by atoms with E-state index >= 15 is 0 Å². The van der Waals surface area contributed by atoms with Crippen LogP contribution in [-0.4, -0.2) is 18.4 Å². The SMILES string of the molecule is NCCCCCc1ccccc1Oc1cccc2c1C(=O)NC(=O)C2. The third-order valence-electron chi connectivity index (χ3n) is 4.29. The van der Waals surface area contributed by atoms with Gasteiger partial charge in [-0.25, -0.2) is 0 Å². The summed E-state index contributed by atoms with van der Waals surface area (Å²) in [6.45, 7) is 0.710. The molecule has 0 atom stereocenters. The monoisotopic (exact) mass is 338 g/mol. The number of carbonyl (C=O) groups excluding carboxylic acids is 2. The van der Waals surface area contributed by atoms with Crippen LogP contribution in [0.4, 0.5) is 0 Å². The summed E-state index contributed by atoms with van der Waals surface area (Å²) in [4.78, 5) is 23.8. The summed E-state index contributed by atoms with van der Waals surface area (Å²) in [5.41, 5.74) is 7.79. The van der Waals surface area contributed by atoms with Gasteiger partial charge >= 0.3 is 0 Å². The van der Waals surface area contributed by atoms with Crippen LogP contribution in [0.15, 0.2) is 42.5 Å². The van der Waals surface area contributed by atoms with Gasteiger partial charge in [-0.2, -0.15) is 0 Å². The quantitative estimate of drug-likeness (QED) is 0.601. The Labute approximate surface area is 147 Å². The summed E-state index contributed by atoms with van der Waals surface area (Å²) in [5, 5.41) is 2.35. The lowest BCUT2D eigenvalue weighted by molar-refractivity contribution is -0.119. The average Bonchev–Trinajstić information content (AvgIpc) is 2.59. The normalized spacial score (nSPS) is 13.3. The number of ether oxygens (including phenoxy) is 1. The van der Waals surface area contributed by atoms with Crippen molar-refractivity contribution >= 4 is 11.8 Å². The van der Waals surface area contributed by atoms with Crippen molar-refractivity contribution in [3.63, 3.8) is 0 Å². The van der Waals surface area contributed by atoms with Crippen molar-refractivity contribution in [1.29, 1.82) is 0 Å². The number of unbranched alkanes of at least 4 members (excludes halogenated alkanes) is 2. The number of amides is 2. The topological polar surface area (TPSA) is 81.4 Å². The third-order valence-corrected chi connectivity index (χ3v) is 4.29. The number of aryl methyl sites for hydroxylation is 1. The van der Waals surface area contributed by atoms with E-state index < -0.39 is 5.91 Å². The summed E-state index contributed by atoms with van der Waals surface area (Å²) in [7, 11) is 0. The van der Waals surface area contributed by atoms with Crippen LogP contribution in [-0.2, 0) is 17.6 Å². The lowest BCUT2D eigenvalue weighted by Crippen LogP contribution is -2.37. The predicted molar refractivity (Wildman–Crippen MR) is 95.7 cm³/mol. The van der Waals surface area contributed by atoms with E-state index in [1.54, 1.807) is 12.1 Å². The number of imide groups is 1. The van der Waals surface area contributed by atoms with E-state index in [0.717, 1.165) is 37.0 Å². The van der Waals surface area contributed by atoms with Crippen LogP contribution in [0.2, 0.25) is 0 Å². The fourth-order valence-corrected chi connectivity index (χ4v) is 3.04. The summed E-state index contributed by atoms with van der Waals surface area (Å²) in [6.07, 6.45) is 4.23. The minimum atomic E-state index is -0.401. The second-order valence-corrected chi connectivity index (χ2v) is 6.15. The number of fused-ring (bicyclic) bond motifs is 1. The van der Waals surface area contributed by atoms with E-state index in [1.165, 1.54) is 0 Å². The molecule has 3 rings (SSSR count). The van der Waals surface area contributed by atoms with Gasteiger partial charge in [-0.1, -0.05) is 36.8 Å². The van der Waals surface area contributed by atoms with Gasteiger partial charge in [-0.05, 0) is 49.1 Å². The van der Waals surface area contributed by atoms with E-state index in [0.29, 0.717) is 23.4 Å². The maximum Gasteiger partial charge on any atom is 0.261 e. The van der Waals surface area contributed by atoms with Gasteiger partial charge in [0.25, 0.3) is 5.91 Å². The molecule has 3 N–H and O–H groups in total. The number of nitrogens with two attached hydrogens (primary N) is 1. The number of rotatable bonds is 7. The van der Waals surface area contributed by atoms with Crippen molar-refractivity contribution in [2.24, 2.45) is 5.73 Å². The molecule has 1 aliphatic rings. The molecular weight excluding hydrogens is 316 g/mol. The number of hydrogen-bond donors (Lipinski definition) is 2. The van der Waals surface area contributed by atoms with Crippen molar-refractivity contribution in [2.45, 2.75) is 32.1 Å². The number of carbonyl (C=O) groups is 2. The number of hydrogen-bond acceptors (Lipinski definition) is 4. The first-order chi connectivity index (χ1) is 12.2. The first-order valence-electron chi connectivity index (χ1n) is 8.61. The molecule has 0 aromatic heterocycles. The molecule has 2 amide bonds. The Balaban J connectivity index is 1.83. The van der Waals surface area contributed by atoms with Crippen molar-refractivity contribution in [1.82, 2.24) is 5.32 Å². The Hall–Kier alpha value is -2.66. The van der Waals surface area contributed by atoms with Crippen molar-refractivity contribution in [3.05, 3.63) is 59.2 Å². The minimum Gasteiger partial charge on any atom is -0.456 e. The zero-order valence-electron chi connectivity index (χ0n) is 14.1.